The van der Waals surface area contributed by atoms with Gasteiger partial charge in [-0.05, 0) is 13.8 Å². The average molecular weight is 161 g/mol. The van der Waals surface area contributed by atoms with E-state index in [1.807, 2.05) is 0 Å². The number of hydrogen-bond acceptors (Lipinski definition) is 4. The molecule has 0 saturated carbocycles. The molecular weight excluding hydrogens is 150 g/mol. The molecular formula is C6H11NO2S. The molecule has 0 aliphatic rings. The van der Waals surface area contributed by atoms with Gasteiger partial charge in [-0.2, -0.15) is 0 Å². The zero-order valence-corrected chi connectivity index (χ0v) is 6.94. The topological polar surface area (TPSA) is 52.3 Å². The van der Waals surface area contributed by atoms with E-state index in [1.165, 1.54) is 0 Å². The smallest absolute Gasteiger partial charge is 0.346 e. The average Bonchev–Trinajstić information content (AvgIpc) is 1.87. The number of thiol groups is 1. The molecule has 0 unspecified atom stereocenters. The third kappa shape index (κ3) is 2.77. The molecule has 58 valence electrons. The van der Waals surface area contributed by atoms with Gasteiger partial charge in [0.2, 0.25) is 0 Å². The number of allylic oxidation sites excluding steroid dienone is 1. The third-order valence-electron chi connectivity index (χ3n) is 0.842. The Labute approximate surface area is 65.6 Å². The first-order valence-electron chi connectivity index (χ1n) is 2.92. The molecule has 0 rings (SSSR count). The lowest BCUT2D eigenvalue weighted by atomic mass is 10.4. The Hall–Kier alpha value is -0.640. The van der Waals surface area contributed by atoms with Gasteiger partial charge in [0.05, 0.1) is 6.61 Å². The summed E-state index contributed by atoms with van der Waals surface area (Å²) in [6.45, 7) is 3.67. The Morgan fingerprint density at radius 1 is 1.70 bits per heavy atom. The van der Waals surface area contributed by atoms with E-state index in [-0.39, 0.29) is 4.91 Å². The highest BCUT2D eigenvalue weighted by atomic mass is 32.1. The summed E-state index contributed by atoms with van der Waals surface area (Å²) in [6.07, 6.45) is 0. The van der Waals surface area contributed by atoms with Crippen LogP contribution in [0.2, 0.25) is 0 Å². The number of carbonyl (C=O) groups excluding carboxylic acids is 1. The van der Waals surface area contributed by atoms with Gasteiger partial charge in [-0.3, -0.25) is 0 Å². The second-order valence-electron chi connectivity index (χ2n) is 1.75. The summed E-state index contributed by atoms with van der Waals surface area (Å²) in [7, 11) is 0. The molecule has 0 fully saturated rings. The van der Waals surface area contributed by atoms with Crippen LogP contribution in [-0.4, -0.2) is 12.6 Å². The monoisotopic (exact) mass is 161 g/mol. The zero-order chi connectivity index (χ0) is 8.15. The summed E-state index contributed by atoms with van der Waals surface area (Å²) in [4.78, 5) is 10.9. The van der Waals surface area contributed by atoms with E-state index in [0.29, 0.717) is 12.3 Å². The van der Waals surface area contributed by atoms with E-state index in [2.05, 4.69) is 17.4 Å². The number of carbonyl (C=O) groups is 1. The van der Waals surface area contributed by atoms with Crippen molar-refractivity contribution in [2.24, 2.45) is 5.73 Å². The van der Waals surface area contributed by atoms with Crippen LogP contribution in [0.5, 0.6) is 0 Å². The summed E-state index contributed by atoms with van der Waals surface area (Å²) in [5, 5.41) is 0. The molecule has 0 bridgehead atoms. The lowest BCUT2D eigenvalue weighted by Gasteiger charge is -2.00. The van der Waals surface area contributed by atoms with Gasteiger partial charge in [-0.25, -0.2) is 4.79 Å². The highest BCUT2D eigenvalue weighted by Crippen LogP contribution is 2.05. The first kappa shape index (κ1) is 9.36. The van der Waals surface area contributed by atoms with Crippen molar-refractivity contribution in [3.05, 3.63) is 10.6 Å². The van der Waals surface area contributed by atoms with E-state index in [4.69, 9.17) is 5.73 Å². The first-order valence-corrected chi connectivity index (χ1v) is 3.36. The second-order valence-corrected chi connectivity index (χ2v) is 2.20. The summed E-state index contributed by atoms with van der Waals surface area (Å²) in [5.41, 5.74) is 5.65. The van der Waals surface area contributed by atoms with Crippen molar-refractivity contribution in [1.29, 1.82) is 0 Å². The molecule has 2 N–H and O–H groups in total. The van der Waals surface area contributed by atoms with Crippen molar-refractivity contribution < 1.29 is 9.53 Å². The van der Waals surface area contributed by atoms with Crippen LogP contribution in [0.25, 0.3) is 0 Å². The fraction of sp³-hybridized carbons (Fsp3) is 0.500. The zero-order valence-electron chi connectivity index (χ0n) is 6.05. The number of nitrogens with two attached hydrogens (primary N) is 1. The molecule has 0 aromatic carbocycles. The molecule has 0 aromatic rings. The molecule has 0 spiro atoms. The van der Waals surface area contributed by atoms with Gasteiger partial charge >= 0.3 is 5.97 Å². The molecule has 0 amide bonds. The van der Waals surface area contributed by atoms with E-state index >= 15 is 0 Å². The molecule has 0 aliphatic carbocycles. The van der Waals surface area contributed by atoms with Crippen LogP contribution in [0.3, 0.4) is 0 Å². The van der Waals surface area contributed by atoms with Gasteiger partial charge in [0.25, 0.3) is 0 Å². The molecule has 0 radical (unpaired) electrons. The molecule has 0 aliphatic heterocycles. The minimum atomic E-state index is -0.467. The first-order chi connectivity index (χ1) is 4.59. The van der Waals surface area contributed by atoms with Crippen molar-refractivity contribution in [2.45, 2.75) is 13.8 Å². The van der Waals surface area contributed by atoms with Gasteiger partial charge in [-0.1, -0.05) is 0 Å². The maximum Gasteiger partial charge on any atom is 0.346 e. The molecule has 0 atom stereocenters. The van der Waals surface area contributed by atoms with Crippen LogP contribution in [0.4, 0.5) is 0 Å². The molecule has 4 heteroatoms. The van der Waals surface area contributed by atoms with Gasteiger partial charge in [0.1, 0.15) is 4.91 Å². The van der Waals surface area contributed by atoms with Crippen molar-refractivity contribution >= 4 is 18.6 Å². The quantitative estimate of drug-likeness (QED) is 0.355. The Morgan fingerprint density at radius 3 is 2.50 bits per heavy atom. The highest BCUT2D eigenvalue weighted by molar-refractivity contribution is 7.85. The minimum Gasteiger partial charge on any atom is -0.462 e. The number of ether oxygens (including phenoxy) is 1. The van der Waals surface area contributed by atoms with E-state index in [1.54, 1.807) is 13.8 Å². The lowest BCUT2D eigenvalue weighted by Crippen LogP contribution is -2.08. The number of hydrogen-bond donors (Lipinski definition) is 2. The van der Waals surface area contributed by atoms with Crippen LogP contribution < -0.4 is 5.73 Å². The molecule has 0 heterocycles. The second kappa shape index (κ2) is 4.22. The summed E-state index contributed by atoms with van der Waals surface area (Å²) >= 11 is 3.83. The fourth-order valence-corrected chi connectivity index (χ4v) is 0.425. The Bertz CT molecular complexity index is 161. The maximum absolute atomic E-state index is 10.7. The van der Waals surface area contributed by atoms with Gasteiger partial charge in [-0.15, -0.1) is 12.6 Å². The molecule has 0 aromatic heterocycles. The van der Waals surface area contributed by atoms with E-state index < -0.39 is 5.97 Å². The molecule has 10 heavy (non-hydrogen) atoms. The number of esters is 1. The number of rotatable bonds is 2. The van der Waals surface area contributed by atoms with Crippen molar-refractivity contribution in [3.63, 3.8) is 0 Å². The van der Waals surface area contributed by atoms with Crippen LogP contribution >= 0.6 is 12.6 Å². The van der Waals surface area contributed by atoms with Crippen LogP contribution in [0.1, 0.15) is 13.8 Å². The van der Waals surface area contributed by atoms with E-state index in [9.17, 15) is 4.79 Å². The van der Waals surface area contributed by atoms with Crippen LogP contribution in [0, 0.1) is 0 Å². The summed E-state index contributed by atoms with van der Waals surface area (Å²) < 4.78 is 4.61. The summed E-state index contributed by atoms with van der Waals surface area (Å²) in [5.74, 6) is -0.467. The standard InChI is InChI=1S/C6H11NO2S/c1-3-9-6(8)5(10)4(2)7/h10H,3,7H2,1-2H3. The van der Waals surface area contributed by atoms with Crippen molar-refractivity contribution in [1.82, 2.24) is 0 Å². The van der Waals surface area contributed by atoms with Gasteiger partial charge in [0.15, 0.2) is 0 Å². The predicted molar refractivity (Wildman–Crippen MR) is 42.5 cm³/mol. The molecule has 3 nitrogen and oxygen atoms in total. The molecule has 0 saturated heterocycles. The maximum atomic E-state index is 10.7. The SMILES string of the molecule is CCOC(=O)C(S)=C(C)N. The normalized spacial score (nSPS) is 12.3. The fourth-order valence-electron chi connectivity index (χ4n) is 0.360. The van der Waals surface area contributed by atoms with Crippen LogP contribution in [0.15, 0.2) is 10.6 Å². The minimum absolute atomic E-state index is 0.182. The van der Waals surface area contributed by atoms with E-state index in [0.717, 1.165) is 0 Å². The Kier molecular flexibility index (Phi) is 3.95. The summed E-state index contributed by atoms with van der Waals surface area (Å²) in [6, 6.07) is 0. The van der Waals surface area contributed by atoms with Crippen molar-refractivity contribution in [2.75, 3.05) is 6.61 Å². The predicted octanol–water partition coefficient (Wildman–Crippen LogP) is 0.670. The largest absolute Gasteiger partial charge is 0.462 e. The Balaban J connectivity index is 4.09. The van der Waals surface area contributed by atoms with Gasteiger partial charge in [0, 0.05) is 5.70 Å². The highest BCUT2D eigenvalue weighted by Gasteiger charge is 2.06. The van der Waals surface area contributed by atoms with Gasteiger partial charge < -0.3 is 10.5 Å². The van der Waals surface area contributed by atoms with Crippen molar-refractivity contribution in [3.8, 4) is 0 Å². The lowest BCUT2D eigenvalue weighted by molar-refractivity contribution is -0.137. The van der Waals surface area contributed by atoms with Crippen LogP contribution in [-0.2, 0) is 9.53 Å². The third-order valence-corrected chi connectivity index (χ3v) is 1.38. The Morgan fingerprint density at radius 2 is 2.20 bits per heavy atom.